The number of nitrogens with one attached hydrogen (secondary N) is 1. The zero-order valence-corrected chi connectivity index (χ0v) is 30.8. The van der Waals surface area contributed by atoms with E-state index in [9.17, 15) is 18.3 Å². The molecule has 1 saturated carbocycles. The molecule has 0 aromatic heterocycles. The highest BCUT2D eigenvalue weighted by atomic mass is 35.5. The number of hydrogen-bond acceptors (Lipinski definition) is 9. The van der Waals surface area contributed by atoms with Crippen LogP contribution in [0.25, 0.3) is 0 Å². The molecule has 2 N–H and O–H groups in total. The minimum Gasteiger partial charge on any atom is -0.487 e. The van der Waals surface area contributed by atoms with Crippen molar-refractivity contribution in [2.75, 3.05) is 44.3 Å². The second-order valence-electron chi connectivity index (χ2n) is 15.3. The summed E-state index contributed by atoms with van der Waals surface area (Å²) in [6.45, 7) is 8.10. The molecule has 12 heteroatoms. The molecule has 1 amide bonds. The van der Waals surface area contributed by atoms with E-state index in [1.54, 1.807) is 13.0 Å². The van der Waals surface area contributed by atoms with Crippen LogP contribution in [-0.2, 0) is 32.5 Å². The largest absolute Gasteiger partial charge is 0.487 e. The number of carbonyl (C=O) groups excluding carboxylic acids is 1. The van der Waals surface area contributed by atoms with Gasteiger partial charge in [-0.2, -0.15) is 0 Å². The molecule has 274 valence electrons. The normalized spacial score (nSPS) is 32.9. The molecule has 3 fully saturated rings. The molecule has 5 aliphatic rings. The van der Waals surface area contributed by atoms with Gasteiger partial charge in [-0.05, 0) is 111 Å². The Morgan fingerprint density at radius 3 is 2.44 bits per heavy atom. The molecule has 5 atom stereocenters. The quantitative estimate of drug-likeness (QED) is 0.420. The van der Waals surface area contributed by atoms with E-state index in [2.05, 4.69) is 14.5 Å². The van der Waals surface area contributed by atoms with E-state index in [-0.39, 0.29) is 30.3 Å². The molecule has 4 heterocycles. The first-order chi connectivity index (χ1) is 24.1. The SMILES string of the molecule is C[C@@H]1[C@@H](C)CCC[C@H]([C@H]2OC[C@H](N3CC(O)C3)CO2)[C@@H]2CC[C@H]2CN2CCCCc3cc(Cl)ccc3COc3ccc(cc32)C(=O)NS1(=O)=O. The van der Waals surface area contributed by atoms with Gasteiger partial charge in [0.15, 0.2) is 6.29 Å². The number of ether oxygens (including phenoxy) is 3. The molecule has 0 spiro atoms. The number of amides is 1. The van der Waals surface area contributed by atoms with Gasteiger partial charge < -0.3 is 24.2 Å². The Bertz CT molecular complexity index is 1630. The molecule has 2 aromatic rings. The summed E-state index contributed by atoms with van der Waals surface area (Å²) in [5.74, 6) is 0.902. The number of likely N-dealkylation sites (tertiary alicyclic amines) is 1. The third-order valence-electron chi connectivity index (χ3n) is 12.1. The Kier molecular flexibility index (Phi) is 11.0. The average Bonchev–Trinajstić information content (AvgIpc) is 3.10. The van der Waals surface area contributed by atoms with E-state index >= 15 is 0 Å². The number of halogens is 1. The number of nitrogens with zero attached hydrogens (tertiary/aromatic N) is 2. The lowest BCUT2D eigenvalue weighted by molar-refractivity contribution is -0.250. The van der Waals surface area contributed by atoms with Gasteiger partial charge in [-0.1, -0.05) is 31.0 Å². The summed E-state index contributed by atoms with van der Waals surface area (Å²) in [6.07, 6.45) is 6.88. The van der Waals surface area contributed by atoms with Crippen molar-refractivity contribution in [2.45, 2.75) is 95.5 Å². The lowest BCUT2D eigenvalue weighted by Gasteiger charge is -2.49. The van der Waals surface area contributed by atoms with Gasteiger partial charge in [0, 0.05) is 42.7 Å². The number of aryl methyl sites for hydroxylation is 1. The molecule has 0 unspecified atom stereocenters. The van der Waals surface area contributed by atoms with Crippen LogP contribution in [0.1, 0.15) is 80.3 Å². The summed E-state index contributed by atoms with van der Waals surface area (Å²) in [5, 5.41) is 9.79. The number of fused-ring (bicyclic) bond motifs is 3. The summed E-state index contributed by atoms with van der Waals surface area (Å²) in [7, 11) is -3.92. The minimum absolute atomic E-state index is 0.143. The van der Waals surface area contributed by atoms with Crippen LogP contribution < -0.4 is 14.4 Å². The van der Waals surface area contributed by atoms with Crippen LogP contribution >= 0.6 is 11.6 Å². The summed E-state index contributed by atoms with van der Waals surface area (Å²) in [5.41, 5.74) is 3.38. The molecule has 0 radical (unpaired) electrons. The van der Waals surface area contributed by atoms with Crippen LogP contribution in [0.2, 0.25) is 5.02 Å². The van der Waals surface area contributed by atoms with Gasteiger partial charge in [-0.3, -0.25) is 9.69 Å². The lowest BCUT2D eigenvalue weighted by atomic mass is 9.65. The van der Waals surface area contributed by atoms with Gasteiger partial charge in [0.2, 0.25) is 10.0 Å². The topological polar surface area (TPSA) is 118 Å². The number of β-amino-alcohol motifs (C(OH)–C–C–N with tert-alkyl or cyclic N) is 1. The Balaban J connectivity index is 1.19. The van der Waals surface area contributed by atoms with Crippen LogP contribution in [0.3, 0.4) is 0 Å². The molecule has 7 rings (SSSR count). The van der Waals surface area contributed by atoms with E-state index in [4.69, 9.17) is 25.8 Å². The van der Waals surface area contributed by atoms with Crippen molar-refractivity contribution in [2.24, 2.45) is 23.7 Å². The van der Waals surface area contributed by atoms with Crippen molar-refractivity contribution in [1.82, 2.24) is 9.62 Å². The smallest absolute Gasteiger partial charge is 0.264 e. The fraction of sp³-hybridized carbons (Fsp3) is 0.658. The number of carbonyl (C=O) groups is 1. The van der Waals surface area contributed by atoms with E-state index in [1.165, 1.54) is 5.56 Å². The van der Waals surface area contributed by atoms with Gasteiger partial charge in [-0.25, -0.2) is 13.1 Å². The first-order valence-corrected chi connectivity index (χ1v) is 20.5. The maximum Gasteiger partial charge on any atom is 0.264 e. The van der Waals surface area contributed by atoms with E-state index in [0.29, 0.717) is 61.1 Å². The summed E-state index contributed by atoms with van der Waals surface area (Å²) < 4.78 is 48.8. The maximum absolute atomic E-state index is 13.5. The van der Waals surface area contributed by atoms with Crippen molar-refractivity contribution in [3.63, 3.8) is 0 Å². The molecular formula is C38H52ClN3O7S. The highest BCUT2D eigenvalue weighted by Crippen LogP contribution is 2.46. The third kappa shape index (κ3) is 7.83. The fourth-order valence-corrected chi connectivity index (χ4v) is 10.1. The first kappa shape index (κ1) is 36.0. The molecule has 2 bridgehead atoms. The lowest BCUT2D eigenvalue weighted by Crippen LogP contribution is -2.60. The Morgan fingerprint density at radius 2 is 1.70 bits per heavy atom. The molecule has 10 nitrogen and oxygen atoms in total. The number of aliphatic hydroxyl groups excluding tert-OH is 1. The van der Waals surface area contributed by atoms with Crippen molar-refractivity contribution in [1.29, 1.82) is 0 Å². The molecule has 2 aromatic carbocycles. The number of anilines is 1. The molecule has 2 saturated heterocycles. The Morgan fingerprint density at radius 1 is 0.900 bits per heavy atom. The standard InChI is InChI=1S/C38H52ClN3O7S/c1-24-6-5-8-34(38-48-22-31(23-49-38)42-19-32(43)20-42)33-13-10-28(33)18-41-15-4-3-7-26-16-30(39)12-9-29(26)21-47-36-14-11-27(17-35(36)41)37(44)40-50(45,46)25(24)2/h9,11-12,14,16-17,24-25,28,31-34,38,43H,3-8,10,13,15,18-23H2,1-2H3,(H,40,44)/t24-,25+,28-,31-,33+,34-,38-/m0/s1. The first-order valence-electron chi connectivity index (χ1n) is 18.6. The van der Waals surface area contributed by atoms with E-state index < -0.39 is 21.2 Å². The van der Waals surface area contributed by atoms with E-state index in [1.807, 2.05) is 37.3 Å². The minimum atomic E-state index is -3.92. The zero-order chi connectivity index (χ0) is 35.0. The number of benzene rings is 2. The number of aliphatic hydroxyl groups is 1. The van der Waals surface area contributed by atoms with Crippen LogP contribution in [0.4, 0.5) is 5.69 Å². The van der Waals surface area contributed by atoms with Gasteiger partial charge >= 0.3 is 0 Å². The predicted octanol–water partition coefficient (Wildman–Crippen LogP) is 5.39. The summed E-state index contributed by atoms with van der Waals surface area (Å²) in [4.78, 5) is 18.1. The van der Waals surface area contributed by atoms with Crippen molar-refractivity contribution >= 4 is 33.2 Å². The van der Waals surface area contributed by atoms with Crippen LogP contribution in [0.5, 0.6) is 5.75 Å². The van der Waals surface area contributed by atoms with E-state index in [0.717, 1.165) is 75.7 Å². The van der Waals surface area contributed by atoms with Gasteiger partial charge in [0.25, 0.3) is 5.91 Å². The molecule has 50 heavy (non-hydrogen) atoms. The second-order valence-corrected chi connectivity index (χ2v) is 17.8. The zero-order valence-electron chi connectivity index (χ0n) is 29.3. The highest BCUT2D eigenvalue weighted by Gasteiger charge is 2.45. The van der Waals surface area contributed by atoms with Crippen LogP contribution in [0, 0.1) is 23.7 Å². The average molecular weight is 730 g/mol. The second kappa shape index (κ2) is 15.3. The summed E-state index contributed by atoms with van der Waals surface area (Å²) in [6, 6.07) is 11.4. The fourth-order valence-electron chi connectivity index (χ4n) is 8.55. The van der Waals surface area contributed by atoms with Gasteiger partial charge in [-0.15, -0.1) is 0 Å². The van der Waals surface area contributed by atoms with Gasteiger partial charge in [0.05, 0.1) is 36.3 Å². The van der Waals surface area contributed by atoms with Crippen LogP contribution in [-0.4, -0.2) is 87.4 Å². The maximum atomic E-state index is 13.5. The molecule has 4 aliphatic heterocycles. The number of hydrogen-bond donors (Lipinski definition) is 2. The van der Waals surface area contributed by atoms with Crippen molar-refractivity contribution in [3.05, 3.63) is 58.1 Å². The highest BCUT2D eigenvalue weighted by molar-refractivity contribution is 7.90. The monoisotopic (exact) mass is 729 g/mol. The van der Waals surface area contributed by atoms with Gasteiger partial charge in [0.1, 0.15) is 12.4 Å². The van der Waals surface area contributed by atoms with Crippen molar-refractivity contribution in [3.8, 4) is 5.75 Å². The van der Waals surface area contributed by atoms with Crippen LogP contribution in [0.15, 0.2) is 36.4 Å². The third-order valence-corrected chi connectivity index (χ3v) is 14.3. The number of sulfonamides is 1. The summed E-state index contributed by atoms with van der Waals surface area (Å²) >= 11 is 6.38. The predicted molar refractivity (Wildman–Crippen MR) is 193 cm³/mol. The van der Waals surface area contributed by atoms with Crippen molar-refractivity contribution < 1.29 is 32.5 Å². The molecule has 1 aliphatic carbocycles. The number of rotatable bonds is 2. The Hall–Kier alpha value is -2.41. The molecular weight excluding hydrogens is 678 g/mol. The Labute approximate surface area is 301 Å².